The number of carboxylic acids is 1. The van der Waals surface area contributed by atoms with Crippen LogP contribution in [0.2, 0.25) is 5.02 Å². The maximum Gasteiger partial charge on any atom is 0.321 e. The molecule has 114 valence electrons. The van der Waals surface area contributed by atoms with Crippen molar-refractivity contribution in [2.24, 2.45) is 5.92 Å². The molecule has 0 saturated carbocycles. The molecule has 1 heterocycles. The third-order valence-corrected chi connectivity index (χ3v) is 4.26. The summed E-state index contributed by atoms with van der Waals surface area (Å²) in [5, 5.41) is 12.2. The summed E-state index contributed by atoms with van der Waals surface area (Å²) in [5.41, 5.74) is 1.55. The quantitative estimate of drug-likeness (QED) is 0.896. The topological polar surface area (TPSA) is 69.6 Å². The van der Waals surface area contributed by atoms with Gasteiger partial charge in [-0.2, -0.15) is 0 Å². The van der Waals surface area contributed by atoms with Crippen LogP contribution in [-0.2, 0) is 4.79 Å². The molecule has 0 aromatic heterocycles. The highest BCUT2D eigenvalue weighted by Gasteiger charge is 2.26. The molecule has 1 aromatic rings. The van der Waals surface area contributed by atoms with Crippen molar-refractivity contribution in [1.29, 1.82) is 0 Å². The van der Waals surface area contributed by atoms with E-state index >= 15 is 0 Å². The van der Waals surface area contributed by atoms with Crippen molar-refractivity contribution in [2.45, 2.75) is 26.2 Å². The number of urea groups is 1. The van der Waals surface area contributed by atoms with Crippen molar-refractivity contribution in [2.75, 3.05) is 18.4 Å². The van der Waals surface area contributed by atoms with Crippen molar-refractivity contribution in [3.8, 4) is 0 Å². The minimum atomic E-state index is -0.785. The second kappa shape index (κ2) is 6.80. The van der Waals surface area contributed by atoms with E-state index in [1.54, 1.807) is 17.0 Å². The van der Waals surface area contributed by atoms with E-state index in [0.29, 0.717) is 30.2 Å². The molecule has 1 aliphatic heterocycles. The van der Waals surface area contributed by atoms with E-state index in [2.05, 4.69) is 5.32 Å². The highest BCUT2D eigenvalue weighted by atomic mass is 35.5. The van der Waals surface area contributed by atoms with Gasteiger partial charge in [0.2, 0.25) is 0 Å². The number of hydrogen-bond acceptors (Lipinski definition) is 2. The number of carbonyl (C=O) groups excluding carboxylic acids is 1. The molecule has 1 unspecified atom stereocenters. The fraction of sp³-hybridized carbons (Fsp3) is 0.467. The lowest BCUT2D eigenvalue weighted by molar-refractivity contribution is -0.137. The molecule has 1 aromatic carbocycles. The first-order valence-electron chi connectivity index (χ1n) is 7.00. The summed E-state index contributed by atoms with van der Waals surface area (Å²) in [5.74, 6) is -0.514. The predicted molar refractivity (Wildman–Crippen MR) is 81.8 cm³/mol. The highest BCUT2D eigenvalue weighted by Crippen LogP contribution is 2.25. The molecule has 0 bridgehead atoms. The van der Waals surface area contributed by atoms with Crippen molar-refractivity contribution in [3.05, 3.63) is 28.8 Å². The molecule has 2 rings (SSSR count). The van der Waals surface area contributed by atoms with Gasteiger partial charge in [-0.1, -0.05) is 17.7 Å². The van der Waals surface area contributed by atoms with Crippen molar-refractivity contribution >= 4 is 29.3 Å². The number of carbonyl (C=O) groups is 2. The SMILES string of the molecule is Cc1c(Cl)cccc1NC(=O)N1CCC(CCC(=O)O)C1. The highest BCUT2D eigenvalue weighted by molar-refractivity contribution is 6.31. The molecule has 0 aliphatic carbocycles. The molecule has 5 nitrogen and oxygen atoms in total. The van der Waals surface area contributed by atoms with Gasteiger partial charge in [-0.3, -0.25) is 4.79 Å². The number of carboxylic acid groups (broad SMARTS) is 1. The largest absolute Gasteiger partial charge is 0.481 e. The zero-order chi connectivity index (χ0) is 15.4. The van der Waals surface area contributed by atoms with Gasteiger partial charge in [0.1, 0.15) is 0 Å². The summed E-state index contributed by atoms with van der Waals surface area (Å²) >= 11 is 6.03. The van der Waals surface area contributed by atoms with E-state index in [-0.39, 0.29) is 18.4 Å². The predicted octanol–water partition coefficient (Wildman–Crippen LogP) is 3.37. The van der Waals surface area contributed by atoms with Crippen LogP contribution in [0.5, 0.6) is 0 Å². The number of amides is 2. The molecule has 2 N–H and O–H groups in total. The van der Waals surface area contributed by atoms with Crippen molar-refractivity contribution < 1.29 is 14.7 Å². The first kappa shape index (κ1) is 15.6. The number of nitrogens with one attached hydrogen (secondary N) is 1. The Hall–Kier alpha value is -1.75. The lowest BCUT2D eigenvalue weighted by Crippen LogP contribution is -2.33. The Morgan fingerprint density at radius 2 is 2.24 bits per heavy atom. The van der Waals surface area contributed by atoms with Crippen LogP contribution in [0, 0.1) is 12.8 Å². The minimum absolute atomic E-state index is 0.154. The van der Waals surface area contributed by atoms with E-state index < -0.39 is 5.97 Å². The summed E-state index contributed by atoms with van der Waals surface area (Å²) < 4.78 is 0. The van der Waals surface area contributed by atoms with E-state index in [9.17, 15) is 9.59 Å². The average molecular weight is 311 g/mol. The number of halogens is 1. The summed E-state index contributed by atoms with van der Waals surface area (Å²) in [7, 11) is 0. The molecule has 21 heavy (non-hydrogen) atoms. The monoisotopic (exact) mass is 310 g/mol. The van der Waals surface area contributed by atoms with Gasteiger partial charge in [0.05, 0.1) is 0 Å². The Labute approximate surface area is 128 Å². The van der Waals surface area contributed by atoms with E-state index in [4.69, 9.17) is 16.7 Å². The summed E-state index contributed by atoms with van der Waals surface area (Å²) in [6.45, 7) is 3.13. The zero-order valence-corrected chi connectivity index (χ0v) is 12.7. The van der Waals surface area contributed by atoms with Crippen molar-refractivity contribution in [3.63, 3.8) is 0 Å². The molecule has 2 amide bonds. The normalized spacial score (nSPS) is 17.8. The number of hydrogen-bond donors (Lipinski definition) is 2. The smallest absolute Gasteiger partial charge is 0.321 e. The van der Waals surface area contributed by atoms with Crippen molar-refractivity contribution in [1.82, 2.24) is 4.90 Å². The van der Waals surface area contributed by atoms with Gasteiger partial charge in [-0.15, -0.1) is 0 Å². The fourth-order valence-corrected chi connectivity index (χ4v) is 2.69. The van der Waals surface area contributed by atoms with Gasteiger partial charge < -0.3 is 15.3 Å². The van der Waals surface area contributed by atoms with Gasteiger partial charge >= 0.3 is 12.0 Å². The van der Waals surface area contributed by atoms with E-state index in [0.717, 1.165) is 12.0 Å². The zero-order valence-electron chi connectivity index (χ0n) is 11.9. The van der Waals surface area contributed by atoms with Crippen LogP contribution in [0.3, 0.4) is 0 Å². The van der Waals surface area contributed by atoms with Crippen LogP contribution >= 0.6 is 11.6 Å². The number of benzene rings is 1. The Morgan fingerprint density at radius 1 is 1.48 bits per heavy atom. The van der Waals surface area contributed by atoms with Gasteiger partial charge in [-0.05, 0) is 43.4 Å². The molecule has 0 spiro atoms. The van der Waals surface area contributed by atoms with Crippen LogP contribution in [0.25, 0.3) is 0 Å². The molecular formula is C15H19ClN2O3. The summed E-state index contributed by atoms with van der Waals surface area (Å²) in [6, 6.07) is 5.24. The summed E-state index contributed by atoms with van der Waals surface area (Å²) in [4.78, 5) is 24.5. The van der Waals surface area contributed by atoms with E-state index in [1.165, 1.54) is 0 Å². The molecule has 1 fully saturated rings. The Balaban J connectivity index is 1.90. The number of aliphatic carboxylic acids is 1. The maximum absolute atomic E-state index is 12.2. The first-order chi connectivity index (χ1) is 9.97. The second-order valence-electron chi connectivity index (χ2n) is 5.38. The number of anilines is 1. The Kier molecular flexibility index (Phi) is 5.07. The molecule has 0 radical (unpaired) electrons. The minimum Gasteiger partial charge on any atom is -0.481 e. The molecule has 1 saturated heterocycles. The first-order valence-corrected chi connectivity index (χ1v) is 7.38. The average Bonchev–Trinajstić information content (AvgIpc) is 2.90. The summed E-state index contributed by atoms with van der Waals surface area (Å²) in [6.07, 6.45) is 1.64. The van der Waals surface area contributed by atoms with Crippen LogP contribution < -0.4 is 5.32 Å². The van der Waals surface area contributed by atoms with Gasteiger partial charge in [-0.25, -0.2) is 4.79 Å². The van der Waals surface area contributed by atoms with Crippen LogP contribution in [0.1, 0.15) is 24.8 Å². The number of rotatable bonds is 4. The third-order valence-electron chi connectivity index (χ3n) is 3.85. The second-order valence-corrected chi connectivity index (χ2v) is 5.78. The third kappa shape index (κ3) is 4.11. The van der Waals surface area contributed by atoms with Gasteiger partial charge in [0.25, 0.3) is 0 Å². The number of likely N-dealkylation sites (tertiary alicyclic amines) is 1. The van der Waals surface area contributed by atoms with Gasteiger partial charge in [0.15, 0.2) is 0 Å². The Bertz CT molecular complexity index is 548. The van der Waals surface area contributed by atoms with Crippen LogP contribution in [0.15, 0.2) is 18.2 Å². The Morgan fingerprint density at radius 3 is 2.95 bits per heavy atom. The maximum atomic E-state index is 12.2. The number of nitrogens with zero attached hydrogens (tertiary/aromatic N) is 1. The standard InChI is InChI=1S/C15H19ClN2O3/c1-10-12(16)3-2-4-13(10)17-15(21)18-8-7-11(9-18)5-6-14(19)20/h2-4,11H,5-9H2,1H3,(H,17,21)(H,19,20). The lowest BCUT2D eigenvalue weighted by Gasteiger charge is -2.18. The fourth-order valence-electron chi connectivity index (χ4n) is 2.52. The van der Waals surface area contributed by atoms with Crippen LogP contribution in [-0.4, -0.2) is 35.1 Å². The molecule has 1 atom stereocenters. The van der Waals surface area contributed by atoms with E-state index in [1.807, 2.05) is 13.0 Å². The van der Waals surface area contributed by atoms with Gasteiger partial charge in [0, 0.05) is 30.2 Å². The molecule has 6 heteroatoms. The molecular weight excluding hydrogens is 292 g/mol. The lowest BCUT2D eigenvalue weighted by atomic mass is 10.0. The molecule has 1 aliphatic rings. The van der Waals surface area contributed by atoms with Crippen LogP contribution in [0.4, 0.5) is 10.5 Å².